The van der Waals surface area contributed by atoms with Gasteiger partial charge in [-0.05, 0) is 6.42 Å². The molecule has 1 saturated carbocycles. The summed E-state index contributed by atoms with van der Waals surface area (Å²) in [6.45, 7) is 0. The fourth-order valence-corrected chi connectivity index (χ4v) is 2.83. The van der Waals surface area contributed by atoms with Crippen molar-refractivity contribution in [3.8, 4) is 0 Å². The van der Waals surface area contributed by atoms with Crippen LogP contribution in [0.25, 0.3) is 0 Å². The topological polar surface area (TPSA) is 89.3 Å². The Balaban J connectivity index is 1.96. The lowest BCUT2D eigenvalue weighted by Crippen LogP contribution is -2.33. The number of nitrogens with one attached hydrogen (secondary N) is 1. The van der Waals surface area contributed by atoms with E-state index < -0.39 is 31.9 Å². The van der Waals surface area contributed by atoms with Gasteiger partial charge >= 0.3 is 0 Å². The van der Waals surface area contributed by atoms with Gasteiger partial charge in [-0.25, -0.2) is 8.42 Å². The van der Waals surface area contributed by atoms with E-state index in [1.807, 2.05) is 4.72 Å². The average molecular weight is 299 g/mol. The summed E-state index contributed by atoms with van der Waals surface area (Å²) in [5.74, 6) is -1.81. The highest BCUT2D eigenvalue weighted by molar-refractivity contribution is 7.89. The number of hydrogen-bond acceptors (Lipinski definition) is 5. The average Bonchev–Trinajstić information content (AvgIpc) is 2.59. The Morgan fingerprint density at radius 3 is 2.76 bits per heavy atom. The van der Waals surface area contributed by atoms with Crippen LogP contribution < -0.4 is 4.72 Å². The van der Waals surface area contributed by atoms with Crippen LogP contribution in [0.5, 0.6) is 0 Å². The third-order valence-corrected chi connectivity index (χ3v) is 4.25. The minimum Gasteiger partial charge on any atom is -0.364 e. The molecule has 1 fully saturated rings. The van der Waals surface area contributed by atoms with Crippen LogP contribution >= 0.6 is 23.2 Å². The minimum atomic E-state index is -3.80. The standard InChI is InChI=1S/C8H8Cl2N2O4S/c9-8(10)3-6(8)7(13)12-17(14,15)4-5-1-2-16-11-5/h1-2,6H,3-4H2,(H,12,13)/t6-/m1/s1. The SMILES string of the molecule is O=C(NS(=O)(=O)Cc1ccon1)[C@H]1CC1(Cl)Cl. The molecule has 2 rings (SSSR count). The first-order valence-electron chi connectivity index (χ1n) is 4.61. The molecule has 1 aromatic rings. The van der Waals surface area contributed by atoms with Crippen LogP contribution in [0.4, 0.5) is 0 Å². The van der Waals surface area contributed by atoms with Gasteiger partial charge in [-0.1, -0.05) is 5.16 Å². The van der Waals surface area contributed by atoms with Crippen molar-refractivity contribution in [1.29, 1.82) is 0 Å². The summed E-state index contributed by atoms with van der Waals surface area (Å²) in [5, 5.41) is 3.44. The van der Waals surface area contributed by atoms with Crippen molar-refractivity contribution in [2.24, 2.45) is 5.92 Å². The van der Waals surface area contributed by atoms with E-state index in [-0.39, 0.29) is 12.1 Å². The predicted octanol–water partition coefficient (Wildman–Crippen LogP) is 0.814. The van der Waals surface area contributed by atoms with Gasteiger partial charge in [-0.15, -0.1) is 23.2 Å². The molecule has 94 valence electrons. The first-order valence-corrected chi connectivity index (χ1v) is 7.02. The number of amides is 1. The second kappa shape index (κ2) is 4.15. The molecule has 17 heavy (non-hydrogen) atoms. The molecule has 1 N–H and O–H groups in total. The van der Waals surface area contributed by atoms with Crippen molar-refractivity contribution in [3.63, 3.8) is 0 Å². The molecular weight excluding hydrogens is 291 g/mol. The van der Waals surface area contributed by atoms with Crippen molar-refractivity contribution in [2.75, 3.05) is 0 Å². The van der Waals surface area contributed by atoms with E-state index in [9.17, 15) is 13.2 Å². The van der Waals surface area contributed by atoms with Gasteiger partial charge in [0.1, 0.15) is 22.0 Å². The molecule has 0 saturated heterocycles. The molecule has 0 aliphatic heterocycles. The second-order valence-electron chi connectivity index (χ2n) is 3.73. The molecule has 1 aliphatic carbocycles. The molecule has 1 aromatic heterocycles. The van der Waals surface area contributed by atoms with Crippen molar-refractivity contribution in [1.82, 2.24) is 9.88 Å². The molecule has 0 unspecified atom stereocenters. The third kappa shape index (κ3) is 3.11. The molecule has 0 spiro atoms. The summed E-state index contributed by atoms with van der Waals surface area (Å²) in [6.07, 6.45) is 1.50. The molecule has 9 heteroatoms. The van der Waals surface area contributed by atoms with Crippen molar-refractivity contribution in [2.45, 2.75) is 16.5 Å². The maximum Gasteiger partial charge on any atom is 0.240 e. The van der Waals surface area contributed by atoms with Crippen LogP contribution in [0.1, 0.15) is 12.1 Å². The number of rotatable bonds is 4. The summed E-state index contributed by atoms with van der Waals surface area (Å²) in [4.78, 5) is 11.5. The summed E-state index contributed by atoms with van der Waals surface area (Å²) in [6, 6.07) is 1.40. The lowest BCUT2D eigenvalue weighted by Gasteiger charge is -2.04. The fourth-order valence-electron chi connectivity index (χ4n) is 1.26. The third-order valence-electron chi connectivity index (χ3n) is 2.23. The monoisotopic (exact) mass is 298 g/mol. The van der Waals surface area contributed by atoms with E-state index in [1.165, 1.54) is 12.3 Å². The predicted molar refractivity (Wildman–Crippen MR) is 59.8 cm³/mol. The van der Waals surface area contributed by atoms with Crippen molar-refractivity contribution in [3.05, 3.63) is 18.0 Å². The molecule has 0 radical (unpaired) electrons. The molecule has 6 nitrogen and oxygen atoms in total. The Bertz CT molecular complexity index is 526. The smallest absolute Gasteiger partial charge is 0.240 e. The van der Waals surface area contributed by atoms with Gasteiger partial charge in [0.15, 0.2) is 0 Å². The van der Waals surface area contributed by atoms with Crippen molar-refractivity contribution >= 4 is 39.1 Å². The summed E-state index contributed by atoms with van der Waals surface area (Å²) < 4.78 is 28.3. The van der Waals surface area contributed by atoms with Gasteiger partial charge in [-0.2, -0.15) is 0 Å². The highest BCUT2D eigenvalue weighted by Crippen LogP contribution is 2.53. The summed E-state index contributed by atoms with van der Waals surface area (Å²) in [5.41, 5.74) is 0.212. The molecule has 1 atom stereocenters. The number of alkyl halides is 2. The molecular formula is C8H8Cl2N2O4S. The number of aromatic nitrogens is 1. The van der Waals surface area contributed by atoms with Gasteiger partial charge < -0.3 is 4.52 Å². The molecule has 1 heterocycles. The van der Waals surface area contributed by atoms with E-state index in [0.717, 1.165) is 0 Å². The summed E-state index contributed by atoms with van der Waals surface area (Å²) in [7, 11) is -3.80. The maximum absolute atomic E-state index is 11.6. The molecule has 1 amide bonds. The Morgan fingerprint density at radius 1 is 1.65 bits per heavy atom. The van der Waals surface area contributed by atoms with E-state index in [1.54, 1.807) is 0 Å². The van der Waals surface area contributed by atoms with Gasteiger partial charge in [0.25, 0.3) is 0 Å². The zero-order chi connectivity index (χ0) is 12.7. The Morgan fingerprint density at radius 2 is 2.29 bits per heavy atom. The Labute approximate surface area is 107 Å². The second-order valence-corrected chi connectivity index (χ2v) is 7.00. The Kier molecular flexibility index (Phi) is 3.09. The van der Waals surface area contributed by atoms with Gasteiger partial charge in [0.2, 0.25) is 15.9 Å². The van der Waals surface area contributed by atoms with Crippen molar-refractivity contribution < 1.29 is 17.7 Å². The quantitative estimate of drug-likeness (QED) is 0.831. The van der Waals surface area contributed by atoms with E-state index >= 15 is 0 Å². The van der Waals surface area contributed by atoms with Gasteiger partial charge in [-0.3, -0.25) is 9.52 Å². The molecule has 0 bridgehead atoms. The van der Waals surface area contributed by atoms with Crippen LogP contribution in [-0.2, 0) is 20.6 Å². The maximum atomic E-state index is 11.6. The van der Waals surface area contributed by atoms with E-state index in [4.69, 9.17) is 23.2 Å². The number of halogens is 2. The van der Waals surface area contributed by atoms with Crippen LogP contribution in [0, 0.1) is 5.92 Å². The zero-order valence-corrected chi connectivity index (χ0v) is 10.7. The van der Waals surface area contributed by atoms with Gasteiger partial charge in [0, 0.05) is 6.07 Å². The number of hydrogen-bond donors (Lipinski definition) is 1. The lowest BCUT2D eigenvalue weighted by atomic mass is 10.4. The van der Waals surface area contributed by atoms with E-state index in [0.29, 0.717) is 0 Å². The highest BCUT2D eigenvalue weighted by Gasteiger charge is 2.56. The van der Waals surface area contributed by atoms with Gasteiger partial charge in [0.05, 0.1) is 5.92 Å². The number of carbonyl (C=O) groups is 1. The number of sulfonamides is 1. The fraction of sp³-hybridized carbons (Fsp3) is 0.500. The number of nitrogens with zero attached hydrogens (tertiary/aromatic N) is 1. The first kappa shape index (κ1) is 12.7. The highest BCUT2D eigenvalue weighted by atomic mass is 35.5. The number of carbonyl (C=O) groups excluding carboxylic acids is 1. The largest absolute Gasteiger partial charge is 0.364 e. The van der Waals surface area contributed by atoms with Crippen LogP contribution in [0.2, 0.25) is 0 Å². The van der Waals surface area contributed by atoms with Crippen LogP contribution in [0.15, 0.2) is 16.9 Å². The van der Waals surface area contributed by atoms with Crippen LogP contribution in [-0.4, -0.2) is 23.8 Å². The minimum absolute atomic E-state index is 0.212. The zero-order valence-electron chi connectivity index (χ0n) is 8.39. The molecule has 0 aromatic carbocycles. The van der Waals surface area contributed by atoms with E-state index in [2.05, 4.69) is 9.68 Å². The van der Waals surface area contributed by atoms with Crippen LogP contribution in [0.3, 0.4) is 0 Å². The first-order chi connectivity index (χ1) is 7.80. The lowest BCUT2D eigenvalue weighted by molar-refractivity contribution is -0.120. The Hall–Kier alpha value is -0.790. The normalized spacial score (nSPS) is 22.1. The molecule has 1 aliphatic rings. The summed E-state index contributed by atoms with van der Waals surface area (Å²) >= 11 is 11.3.